The van der Waals surface area contributed by atoms with Crippen molar-refractivity contribution in [1.82, 2.24) is 4.31 Å². The predicted molar refractivity (Wildman–Crippen MR) is 126 cm³/mol. The van der Waals surface area contributed by atoms with Crippen molar-refractivity contribution in [3.05, 3.63) is 95.1 Å². The molecular formula is C25H26N2O5S. The molecule has 0 aliphatic heterocycles. The lowest BCUT2D eigenvalue weighted by molar-refractivity contribution is -0.125. The highest BCUT2D eigenvalue weighted by molar-refractivity contribution is 7.89. The first kappa shape index (κ1) is 24.2. The first-order chi connectivity index (χ1) is 15.6. The second kappa shape index (κ2) is 9.97. The Bertz CT molecular complexity index is 1250. The van der Waals surface area contributed by atoms with Crippen molar-refractivity contribution in [2.75, 3.05) is 19.4 Å². The van der Waals surface area contributed by atoms with Gasteiger partial charge >= 0.3 is 5.97 Å². The van der Waals surface area contributed by atoms with Gasteiger partial charge < -0.3 is 10.1 Å². The molecular weight excluding hydrogens is 440 g/mol. The standard InChI is InChI=1S/C25H26N2O5S/c1-17-13-18(2)15-21(14-17)26-24(28)23(19-9-6-5-7-10-19)32-25(29)20-11-8-12-22(16-20)33(30,31)27(3)4/h5-16,23H,1-4H3,(H,26,28). The summed E-state index contributed by atoms with van der Waals surface area (Å²) < 4.78 is 31.5. The zero-order valence-corrected chi connectivity index (χ0v) is 19.7. The van der Waals surface area contributed by atoms with Crippen molar-refractivity contribution in [2.24, 2.45) is 0 Å². The highest BCUT2D eigenvalue weighted by Crippen LogP contribution is 2.24. The molecule has 33 heavy (non-hydrogen) atoms. The minimum absolute atomic E-state index is 0.0260. The maximum Gasteiger partial charge on any atom is 0.339 e. The van der Waals surface area contributed by atoms with E-state index in [-0.39, 0.29) is 10.5 Å². The van der Waals surface area contributed by atoms with Crippen LogP contribution in [0.3, 0.4) is 0 Å². The van der Waals surface area contributed by atoms with Crippen LogP contribution in [0, 0.1) is 13.8 Å². The molecule has 3 aromatic carbocycles. The van der Waals surface area contributed by atoms with Gasteiger partial charge in [-0.05, 0) is 55.3 Å². The number of amides is 1. The van der Waals surface area contributed by atoms with E-state index in [1.54, 1.807) is 30.3 Å². The Labute approximate surface area is 194 Å². The average molecular weight is 467 g/mol. The van der Waals surface area contributed by atoms with Crippen LogP contribution in [0.2, 0.25) is 0 Å². The summed E-state index contributed by atoms with van der Waals surface area (Å²) in [5, 5.41) is 2.81. The molecule has 0 bridgehead atoms. The van der Waals surface area contributed by atoms with Crippen LogP contribution < -0.4 is 5.32 Å². The Kier molecular flexibility index (Phi) is 7.30. The number of carbonyl (C=O) groups excluding carboxylic acids is 2. The third-order valence-electron chi connectivity index (χ3n) is 4.90. The lowest BCUT2D eigenvalue weighted by atomic mass is 10.1. The number of esters is 1. The molecule has 8 heteroatoms. The summed E-state index contributed by atoms with van der Waals surface area (Å²) in [6.07, 6.45) is -1.23. The second-order valence-electron chi connectivity index (χ2n) is 7.88. The molecule has 1 amide bonds. The van der Waals surface area contributed by atoms with Gasteiger partial charge in [0.05, 0.1) is 10.5 Å². The van der Waals surface area contributed by atoms with E-state index in [4.69, 9.17) is 4.74 Å². The van der Waals surface area contributed by atoms with E-state index in [2.05, 4.69) is 5.32 Å². The Balaban J connectivity index is 1.90. The molecule has 3 rings (SSSR count). The first-order valence-corrected chi connectivity index (χ1v) is 11.7. The van der Waals surface area contributed by atoms with Gasteiger partial charge in [-0.3, -0.25) is 4.79 Å². The molecule has 0 saturated carbocycles. The number of benzene rings is 3. The van der Waals surface area contributed by atoms with Crippen LogP contribution in [0.1, 0.15) is 33.2 Å². The molecule has 0 aliphatic rings. The van der Waals surface area contributed by atoms with E-state index in [0.29, 0.717) is 11.3 Å². The zero-order chi connectivity index (χ0) is 24.2. The third kappa shape index (κ3) is 5.85. The highest BCUT2D eigenvalue weighted by Gasteiger charge is 2.27. The summed E-state index contributed by atoms with van der Waals surface area (Å²) in [4.78, 5) is 26.0. The molecule has 0 saturated heterocycles. The number of nitrogens with zero attached hydrogens (tertiary/aromatic N) is 1. The number of nitrogens with one attached hydrogen (secondary N) is 1. The Morgan fingerprint density at radius 1 is 0.879 bits per heavy atom. The molecule has 0 spiro atoms. The maximum atomic E-state index is 13.1. The predicted octanol–water partition coefficient (Wildman–Crippen LogP) is 4.09. The fourth-order valence-corrected chi connectivity index (χ4v) is 4.27. The van der Waals surface area contributed by atoms with Crippen LogP contribution >= 0.6 is 0 Å². The normalized spacial score (nSPS) is 12.3. The van der Waals surface area contributed by atoms with Crippen molar-refractivity contribution in [2.45, 2.75) is 24.8 Å². The molecule has 172 valence electrons. The number of rotatable bonds is 7. The molecule has 0 aliphatic carbocycles. The van der Waals surface area contributed by atoms with Crippen molar-refractivity contribution < 1.29 is 22.7 Å². The fourth-order valence-electron chi connectivity index (χ4n) is 3.32. The Hall–Kier alpha value is -3.49. The van der Waals surface area contributed by atoms with Gasteiger partial charge in [0.1, 0.15) is 0 Å². The number of hydrogen-bond donors (Lipinski definition) is 1. The van der Waals surface area contributed by atoms with Gasteiger partial charge in [0.15, 0.2) is 0 Å². The number of hydrogen-bond acceptors (Lipinski definition) is 5. The van der Waals surface area contributed by atoms with Crippen molar-refractivity contribution in [3.63, 3.8) is 0 Å². The van der Waals surface area contributed by atoms with Gasteiger partial charge in [-0.15, -0.1) is 0 Å². The van der Waals surface area contributed by atoms with Gasteiger partial charge in [0.2, 0.25) is 16.1 Å². The highest BCUT2D eigenvalue weighted by atomic mass is 32.2. The number of carbonyl (C=O) groups is 2. The fraction of sp³-hybridized carbons (Fsp3) is 0.200. The number of anilines is 1. The van der Waals surface area contributed by atoms with Crippen LogP contribution in [0.25, 0.3) is 0 Å². The summed E-state index contributed by atoms with van der Waals surface area (Å²) >= 11 is 0. The third-order valence-corrected chi connectivity index (χ3v) is 6.71. The summed E-state index contributed by atoms with van der Waals surface area (Å²) in [6.45, 7) is 3.85. The first-order valence-electron chi connectivity index (χ1n) is 10.3. The quantitative estimate of drug-likeness (QED) is 0.530. The lowest BCUT2D eigenvalue weighted by Gasteiger charge is -2.19. The topological polar surface area (TPSA) is 92.8 Å². The minimum atomic E-state index is -3.73. The number of sulfonamides is 1. The zero-order valence-electron chi connectivity index (χ0n) is 18.9. The molecule has 1 unspecified atom stereocenters. The van der Waals surface area contributed by atoms with E-state index in [1.165, 1.54) is 38.4 Å². The van der Waals surface area contributed by atoms with Gasteiger partial charge in [0.25, 0.3) is 5.91 Å². The second-order valence-corrected chi connectivity index (χ2v) is 10.0. The molecule has 1 atom stereocenters. The molecule has 1 N–H and O–H groups in total. The monoisotopic (exact) mass is 466 g/mol. The maximum absolute atomic E-state index is 13.1. The van der Waals surface area contributed by atoms with E-state index >= 15 is 0 Å². The van der Waals surface area contributed by atoms with E-state index in [1.807, 2.05) is 32.0 Å². The van der Waals surface area contributed by atoms with Crippen molar-refractivity contribution in [3.8, 4) is 0 Å². The molecule has 3 aromatic rings. The summed E-state index contributed by atoms with van der Waals surface area (Å²) in [7, 11) is -0.921. The molecule has 0 radical (unpaired) electrons. The van der Waals surface area contributed by atoms with Crippen molar-refractivity contribution in [1.29, 1.82) is 0 Å². The van der Waals surface area contributed by atoms with Gasteiger partial charge in [-0.1, -0.05) is 42.5 Å². The number of ether oxygens (including phenoxy) is 1. The molecule has 0 heterocycles. The molecule has 7 nitrogen and oxygen atoms in total. The van der Waals surface area contributed by atoms with E-state index in [9.17, 15) is 18.0 Å². The van der Waals surface area contributed by atoms with Gasteiger partial charge in [-0.25, -0.2) is 17.5 Å². The summed E-state index contributed by atoms with van der Waals surface area (Å²) in [5.74, 6) is -1.33. The summed E-state index contributed by atoms with van der Waals surface area (Å²) in [6, 6.07) is 19.8. The van der Waals surface area contributed by atoms with E-state index < -0.39 is 28.0 Å². The lowest BCUT2D eigenvalue weighted by Crippen LogP contribution is -2.26. The summed E-state index contributed by atoms with van der Waals surface area (Å²) in [5.41, 5.74) is 3.08. The van der Waals surface area contributed by atoms with E-state index in [0.717, 1.165) is 15.4 Å². The smallest absolute Gasteiger partial charge is 0.339 e. The largest absolute Gasteiger partial charge is 0.444 e. The van der Waals surface area contributed by atoms with Gasteiger partial charge in [0, 0.05) is 25.3 Å². The van der Waals surface area contributed by atoms with Crippen LogP contribution in [-0.4, -0.2) is 38.7 Å². The van der Waals surface area contributed by atoms with Crippen LogP contribution in [-0.2, 0) is 19.6 Å². The average Bonchev–Trinajstić information content (AvgIpc) is 2.77. The number of aryl methyl sites for hydroxylation is 2. The van der Waals surface area contributed by atoms with Crippen LogP contribution in [0.4, 0.5) is 5.69 Å². The van der Waals surface area contributed by atoms with Gasteiger partial charge in [-0.2, -0.15) is 0 Å². The SMILES string of the molecule is Cc1cc(C)cc(NC(=O)C(OC(=O)c2cccc(S(=O)(=O)N(C)C)c2)c2ccccc2)c1. The Morgan fingerprint density at radius 2 is 1.52 bits per heavy atom. The van der Waals surface area contributed by atoms with Crippen LogP contribution in [0.15, 0.2) is 77.7 Å². The Morgan fingerprint density at radius 3 is 2.12 bits per heavy atom. The van der Waals surface area contributed by atoms with Crippen LogP contribution in [0.5, 0.6) is 0 Å². The molecule has 0 fully saturated rings. The minimum Gasteiger partial charge on any atom is -0.444 e. The molecule has 0 aromatic heterocycles. The van der Waals surface area contributed by atoms with Crippen molar-refractivity contribution >= 4 is 27.6 Å².